The van der Waals surface area contributed by atoms with Gasteiger partial charge in [0.1, 0.15) is 5.60 Å². The van der Waals surface area contributed by atoms with E-state index in [1.807, 2.05) is 20.8 Å². The van der Waals surface area contributed by atoms with Gasteiger partial charge in [-0.25, -0.2) is 0 Å². The molecule has 0 fully saturated rings. The quantitative estimate of drug-likeness (QED) is 0.237. The fourth-order valence-electron chi connectivity index (χ4n) is 2.47. The zero-order valence-corrected chi connectivity index (χ0v) is 15.2. The lowest BCUT2D eigenvalue weighted by Gasteiger charge is -2.19. The molecule has 0 spiro atoms. The Kier molecular flexibility index (Phi) is 8.74. The fraction of sp³-hybridized carbons (Fsp3) is 0.778. The van der Waals surface area contributed by atoms with E-state index in [0.717, 1.165) is 51.0 Å². The average molecular weight is 323 g/mol. The summed E-state index contributed by atoms with van der Waals surface area (Å²) >= 11 is 0. The molecule has 0 radical (unpaired) electrons. The van der Waals surface area contributed by atoms with Gasteiger partial charge in [0.2, 0.25) is 0 Å². The number of carbonyl (C=O) groups excluding carboxylic acids is 1. The molecule has 0 heterocycles. The summed E-state index contributed by atoms with van der Waals surface area (Å²) in [6.45, 7) is 6.61. The summed E-state index contributed by atoms with van der Waals surface area (Å²) in [5, 5.41) is 6.77. The topological polar surface area (TPSA) is 62.7 Å². The van der Waals surface area contributed by atoms with E-state index >= 15 is 0 Å². The average Bonchev–Trinajstić information content (AvgIpc) is 2.96. The molecule has 1 rings (SSSR count). The third-order valence-electron chi connectivity index (χ3n) is 3.59. The van der Waals surface area contributed by atoms with Gasteiger partial charge in [0.15, 0.2) is 5.96 Å². The Morgan fingerprint density at radius 2 is 1.83 bits per heavy atom. The van der Waals surface area contributed by atoms with Crippen LogP contribution in [-0.4, -0.2) is 37.2 Å². The van der Waals surface area contributed by atoms with Crippen molar-refractivity contribution in [2.75, 3.05) is 13.6 Å². The maximum absolute atomic E-state index is 11.6. The smallest absolute Gasteiger partial charge is 0.306 e. The van der Waals surface area contributed by atoms with Gasteiger partial charge in [0, 0.05) is 26.1 Å². The molecule has 5 nitrogen and oxygen atoms in total. The number of nitrogens with zero attached hydrogens (tertiary/aromatic N) is 1. The molecular formula is C18H33N3O2. The van der Waals surface area contributed by atoms with Gasteiger partial charge in [0.25, 0.3) is 0 Å². The van der Waals surface area contributed by atoms with Crippen molar-refractivity contribution in [3.63, 3.8) is 0 Å². The maximum atomic E-state index is 11.6. The SMILES string of the molecule is CN=C(NCCCCCCC(=O)OC(C)(C)C)NC1CC=CC1. The normalized spacial score (nSPS) is 15.7. The van der Waals surface area contributed by atoms with E-state index in [1.165, 1.54) is 0 Å². The van der Waals surface area contributed by atoms with Crippen molar-refractivity contribution in [2.24, 2.45) is 4.99 Å². The Morgan fingerprint density at radius 1 is 1.17 bits per heavy atom. The Balaban J connectivity index is 1.99. The molecule has 0 aromatic rings. The molecule has 132 valence electrons. The van der Waals surface area contributed by atoms with E-state index in [4.69, 9.17) is 4.74 Å². The number of hydrogen-bond donors (Lipinski definition) is 2. The molecule has 0 saturated heterocycles. The van der Waals surface area contributed by atoms with E-state index in [9.17, 15) is 4.79 Å². The first-order valence-electron chi connectivity index (χ1n) is 8.75. The molecule has 1 aliphatic carbocycles. The van der Waals surface area contributed by atoms with Gasteiger partial charge >= 0.3 is 5.97 Å². The van der Waals surface area contributed by atoms with Crippen LogP contribution in [0.3, 0.4) is 0 Å². The summed E-state index contributed by atoms with van der Waals surface area (Å²) < 4.78 is 5.29. The minimum atomic E-state index is -0.376. The number of esters is 1. The predicted octanol–water partition coefficient (Wildman–Crippen LogP) is 3.16. The molecule has 0 saturated carbocycles. The highest BCUT2D eigenvalue weighted by Crippen LogP contribution is 2.11. The molecule has 0 aromatic heterocycles. The zero-order valence-electron chi connectivity index (χ0n) is 15.2. The third kappa shape index (κ3) is 9.97. The number of nitrogens with one attached hydrogen (secondary N) is 2. The van der Waals surface area contributed by atoms with Crippen molar-refractivity contribution in [1.82, 2.24) is 10.6 Å². The molecule has 23 heavy (non-hydrogen) atoms. The Bertz CT molecular complexity index is 403. The van der Waals surface area contributed by atoms with Crippen LogP contribution in [0.4, 0.5) is 0 Å². The molecular weight excluding hydrogens is 290 g/mol. The molecule has 0 aliphatic heterocycles. The highest BCUT2D eigenvalue weighted by Gasteiger charge is 2.15. The summed E-state index contributed by atoms with van der Waals surface area (Å²) in [7, 11) is 1.80. The molecule has 2 N–H and O–H groups in total. The van der Waals surface area contributed by atoms with E-state index < -0.39 is 0 Å². The zero-order chi connectivity index (χ0) is 17.1. The summed E-state index contributed by atoms with van der Waals surface area (Å²) in [6, 6.07) is 0.482. The predicted molar refractivity (Wildman–Crippen MR) is 95.6 cm³/mol. The van der Waals surface area contributed by atoms with Crippen LogP contribution in [0.2, 0.25) is 0 Å². The van der Waals surface area contributed by atoms with Gasteiger partial charge in [-0.1, -0.05) is 25.0 Å². The second-order valence-corrected chi connectivity index (χ2v) is 7.03. The van der Waals surface area contributed by atoms with Crippen molar-refractivity contribution in [3.05, 3.63) is 12.2 Å². The summed E-state index contributed by atoms with van der Waals surface area (Å²) in [6.07, 6.45) is 11.2. The summed E-state index contributed by atoms with van der Waals surface area (Å²) in [5.41, 5.74) is -0.376. The van der Waals surface area contributed by atoms with Crippen LogP contribution in [0.25, 0.3) is 0 Å². The monoisotopic (exact) mass is 323 g/mol. The van der Waals surface area contributed by atoms with Gasteiger partial charge in [-0.05, 0) is 46.5 Å². The van der Waals surface area contributed by atoms with E-state index in [1.54, 1.807) is 7.05 Å². The van der Waals surface area contributed by atoms with Gasteiger partial charge in [0.05, 0.1) is 0 Å². The van der Waals surface area contributed by atoms with Crippen LogP contribution >= 0.6 is 0 Å². The first kappa shape index (κ1) is 19.5. The number of guanidine groups is 1. The minimum absolute atomic E-state index is 0.0922. The second-order valence-electron chi connectivity index (χ2n) is 7.03. The molecule has 0 aromatic carbocycles. The van der Waals surface area contributed by atoms with Crippen molar-refractivity contribution in [2.45, 2.75) is 77.4 Å². The van der Waals surface area contributed by atoms with E-state index in [-0.39, 0.29) is 11.6 Å². The van der Waals surface area contributed by atoms with Crippen molar-refractivity contribution >= 4 is 11.9 Å². The van der Waals surface area contributed by atoms with Crippen LogP contribution in [-0.2, 0) is 9.53 Å². The molecule has 0 unspecified atom stereocenters. The van der Waals surface area contributed by atoms with Gasteiger partial charge in [-0.3, -0.25) is 9.79 Å². The van der Waals surface area contributed by atoms with Crippen molar-refractivity contribution < 1.29 is 9.53 Å². The third-order valence-corrected chi connectivity index (χ3v) is 3.59. The van der Waals surface area contributed by atoms with Crippen molar-refractivity contribution in [1.29, 1.82) is 0 Å². The second kappa shape index (κ2) is 10.3. The number of ether oxygens (including phenoxy) is 1. The Hall–Kier alpha value is -1.52. The molecule has 0 atom stereocenters. The lowest BCUT2D eigenvalue weighted by Crippen LogP contribution is -2.42. The van der Waals surface area contributed by atoms with Gasteiger partial charge < -0.3 is 15.4 Å². The number of aliphatic imine (C=N–C) groups is 1. The number of hydrogen-bond acceptors (Lipinski definition) is 3. The molecule has 0 amide bonds. The van der Waals surface area contributed by atoms with Crippen LogP contribution in [0.5, 0.6) is 0 Å². The van der Waals surface area contributed by atoms with Crippen molar-refractivity contribution in [3.8, 4) is 0 Å². The summed E-state index contributed by atoms with van der Waals surface area (Å²) in [5.74, 6) is 0.790. The van der Waals surface area contributed by atoms with Crippen LogP contribution in [0.15, 0.2) is 17.1 Å². The number of rotatable bonds is 8. The van der Waals surface area contributed by atoms with Gasteiger partial charge in [-0.15, -0.1) is 0 Å². The lowest BCUT2D eigenvalue weighted by molar-refractivity contribution is -0.154. The summed E-state index contributed by atoms with van der Waals surface area (Å²) in [4.78, 5) is 15.8. The maximum Gasteiger partial charge on any atom is 0.306 e. The highest BCUT2D eigenvalue weighted by atomic mass is 16.6. The van der Waals surface area contributed by atoms with Crippen LogP contribution < -0.4 is 10.6 Å². The molecule has 1 aliphatic rings. The van der Waals surface area contributed by atoms with Crippen LogP contribution in [0.1, 0.15) is 65.7 Å². The van der Waals surface area contributed by atoms with Crippen LogP contribution in [0, 0.1) is 0 Å². The molecule has 5 heteroatoms. The lowest BCUT2D eigenvalue weighted by atomic mass is 10.1. The molecule has 0 bridgehead atoms. The first-order chi connectivity index (χ1) is 10.9. The van der Waals surface area contributed by atoms with E-state index in [0.29, 0.717) is 12.5 Å². The Labute approximate surface area is 141 Å². The largest absolute Gasteiger partial charge is 0.460 e. The number of carbonyl (C=O) groups is 1. The highest BCUT2D eigenvalue weighted by molar-refractivity contribution is 5.80. The first-order valence-corrected chi connectivity index (χ1v) is 8.75. The minimum Gasteiger partial charge on any atom is -0.460 e. The number of unbranched alkanes of at least 4 members (excludes halogenated alkanes) is 3. The standard InChI is InChI=1S/C18H33N3O2/c1-18(2,3)23-16(22)13-7-5-6-10-14-20-17(19-4)21-15-11-8-9-12-15/h8-9,15H,5-7,10-14H2,1-4H3,(H2,19,20,21). The Morgan fingerprint density at radius 3 is 2.43 bits per heavy atom. The fourth-order valence-corrected chi connectivity index (χ4v) is 2.47. The van der Waals surface area contributed by atoms with Gasteiger partial charge in [-0.2, -0.15) is 0 Å². The van der Waals surface area contributed by atoms with E-state index in [2.05, 4.69) is 27.8 Å².